The predicted molar refractivity (Wildman–Crippen MR) is 99.5 cm³/mol. The maximum atomic E-state index is 11.9. The number of hydrogen-bond acceptors (Lipinski definition) is 5. The summed E-state index contributed by atoms with van der Waals surface area (Å²) in [7, 11) is 0. The number of hydrazone groups is 1. The molecular weight excluding hydrogens is 354 g/mol. The summed E-state index contributed by atoms with van der Waals surface area (Å²) in [6, 6.07) is 16.0. The lowest BCUT2D eigenvalue weighted by atomic mass is 10.1. The molecule has 0 radical (unpaired) electrons. The first kappa shape index (κ1) is 16.0. The van der Waals surface area contributed by atoms with E-state index >= 15 is 0 Å². The molecule has 0 saturated heterocycles. The number of carbonyl (C=O) groups is 1. The van der Waals surface area contributed by atoms with Crippen LogP contribution in [-0.4, -0.2) is 32.3 Å². The standard InChI is InChI=1S/C17H12ClN7O/c18-13-5-3-6-14(9-13)20-17(26)22-19-10-12-8-11-4-1-2-7-15(11)25-16(12)21-23-24-25/h1-10H,(H2,20,22,26)/b19-10+. The summed E-state index contributed by atoms with van der Waals surface area (Å²) in [4.78, 5) is 11.9. The molecule has 0 atom stereocenters. The number of aromatic nitrogens is 4. The Bertz CT molecular complexity index is 1140. The minimum Gasteiger partial charge on any atom is -0.306 e. The van der Waals surface area contributed by atoms with E-state index in [1.54, 1.807) is 28.8 Å². The first-order chi connectivity index (χ1) is 12.7. The summed E-state index contributed by atoms with van der Waals surface area (Å²) in [6.07, 6.45) is 1.50. The Morgan fingerprint density at radius 2 is 2.04 bits per heavy atom. The lowest BCUT2D eigenvalue weighted by Crippen LogP contribution is -2.24. The van der Waals surface area contributed by atoms with Crippen molar-refractivity contribution >= 4 is 46.1 Å². The first-order valence-electron chi connectivity index (χ1n) is 7.66. The number of urea groups is 1. The van der Waals surface area contributed by atoms with E-state index in [0.29, 0.717) is 21.9 Å². The Balaban J connectivity index is 1.54. The highest BCUT2D eigenvalue weighted by Gasteiger charge is 2.08. The van der Waals surface area contributed by atoms with Gasteiger partial charge in [0.05, 0.1) is 11.7 Å². The molecule has 0 saturated carbocycles. The van der Waals surface area contributed by atoms with Crippen molar-refractivity contribution in [3.63, 3.8) is 0 Å². The number of halogens is 1. The number of nitrogens with one attached hydrogen (secondary N) is 2. The maximum absolute atomic E-state index is 11.9. The summed E-state index contributed by atoms with van der Waals surface area (Å²) in [5.74, 6) is 0. The van der Waals surface area contributed by atoms with Gasteiger partial charge in [0.1, 0.15) is 0 Å². The van der Waals surface area contributed by atoms with Crippen LogP contribution in [0, 0.1) is 0 Å². The van der Waals surface area contributed by atoms with Gasteiger partial charge in [-0.15, -0.1) is 5.10 Å². The van der Waals surface area contributed by atoms with Crippen molar-refractivity contribution in [3.05, 3.63) is 65.2 Å². The lowest BCUT2D eigenvalue weighted by molar-refractivity contribution is 0.252. The second-order valence-corrected chi connectivity index (χ2v) is 5.84. The summed E-state index contributed by atoms with van der Waals surface area (Å²) in [6.45, 7) is 0. The molecular formula is C17H12ClN7O. The molecule has 9 heteroatoms. The van der Waals surface area contributed by atoms with Gasteiger partial charge >= 0.3 is 6.03 Å². The highest BCUT2D eigenvalue weighted by molar-refractivity contribution is 6.30. The average Bonchev–Trinajstić information content (AvgIpc) is 3.12. The van der Waals surface area contributed by atoms with Crippen molar-refractivity contribution < 1.29 is 4.79 Å². The van der Waals surface area contributed by atoms with Gasteiger partial charge in [0.15, 0.2) is 5.65 Å². The monoisotopic (exact) mass is 365 g/mol. The van der Waals surface area contributed by atoms with Crippen LogP contribution in [0.5, 0.6) is 0 Å². The van der Waals surface area contributed by atoms with E-state index in [9.17, 15) is 4.79 Å². The second kappa shape index (κ2) is 6.77. The molecule has 2 heterocycles. The Labute approximate surface area is 152 Å². The molecule has 0 fully saturated rings. The maximum Gasteiger partial charge on any atom is 0.339 e. The number of pyridine rings is 1. The van der Waals surface area contributed by atoms with E-state index < -0.39 is 6.03 Å². The minimum absolute atomic E-state index is 0.486. The summed E-state index contributed by atoms with van der Waals surface area (Å²) in [5.41, 5.74) is 5.08. The molecule has 0 aliphatic rings. The van der Waals surface area contributed by atoms with Gasteiger partial charge in [-0.3, -0.25) is 0 Å². The lowest BCUT2D eigenvalue weighted by Gasteiger charge is -2.05. The first-order valence-corrected chi connectivity index (χ1v) is 8.04. The summed E-state index contributed by atoms with van der Waals surface area (Å²) in [5, 5.41) is 19.8. The molecule has 0 spiro atoms. The highest BCUT2D eigenvalue weighted by Crippen LogP contribution is 2.17. The zero-order chi connectivity index (χ0) is 17.9. The fraction of sp³-hybridized carbons (Fsp3) is 0. The van der Waals surface area contributed by atoms with E-state index in [2.05, 4.69) is 31.4 Å². The molecule has 2 amide bonds. The average molecular weight is 366 g/mol. The Morgan fingerprint density at radius 1 is 1.15 bits per heavy atom. The van der Waals surface area contributed by atoms with E-state index in [0.717, 1.165) is 10.9 Å². The second-order valence-electron chi connectivity index (χ2n) is 5.41. The van der Waals surface area contributed by atoms with Gasteiger partial charge < -0.3 is 5.32 Å². The number of benzene rings is 2. The molecule has 0 aliphatic heterocycles. The number of para-hydroxylation sites is 1. The van der Waals surface area contributed by atoms with Crippen molar-refractivity contribution in [2.24, 2.45) is 5.10 Å². The number of amides is 2. The topological polar surface area (TPSA) is 96.6 Å². The van der Waals surface area contributed by atoms with Crippen LogP contribution in [-0.2, 0) is 0 Å². The molecule has 128 valence electrons. The van der Waals surface area contributed by atoms with Crippen molar-refractivity contribution in [2.45, 2.75) is 0 Å². The van der Waals surface area contributed by atoms with Crippen LogP contribution in [0.3, 0.4) is 0 Å². The van der Waals surface area contributed by atoms with Gasteiger partial charge in [-0.25, -0.2) is 10.2 Å². The number of fused-ring (bicyclic) bond motifs is 3. The molecule has 0 unspecified atom stereocenters. The van der Waals surface area contributed by atoms with Crippen LogP contribution in [0.15, 0.2) is 59.7 Å². The van der Waals surface area contributed by atoms with Crippen LogP contribution >= 0.6 is 11.6 Å². The van der Waals surface area contributed by atoms with Crippen LogP contribution in [0.4, 0.5) is 10.5 Å². The van der Waals surface area contributed by atoms with Crippen LogP contribution in [0.1, 0.15) is 5.56 Å². The summed E-state index contributed by atoms with van der Waals surface area (Å²) >= 11 is 5.88. The zero-order valence-corrected chi connectivity index (χ0v) is 14.1. The van der Waals surface area contributed by atoms with Crippen molar-refractivity contribution in [2.75, 3.05) is 5.32 Å². The number of tetrazole rings is 1. The zero-order valence-electron chi connectivity index (χ0n) is 13.3. The van der Waals surface area contributed by atoms with Crippen molar-refractivity contribution in [3.8, 4) is 0 Å². The number of nitrogens with zero attached hydrogens (tertiary/aromatic N) is 5. The number of rotatable bonds is 3. The van der Waals surface area contributed by atoms with E-state index in [1.807, 2.05) is 30.3 Å². The Kier molecular flexibility index (Phi) is 4.16. The van der Waals surface area contributed by atoms with Crippen LogP contribution < -0.4 is 10.7 Å². The molecule has 2 aromatic heterocycles. The van der Waals surface area contributed by atoms with Gasteiger partial charge in [-0.2, -0.15) is 9.62 Å². The normalized spacial score (nSPS) is 11.3. The Hall–Kier alpha value is -3.52. The molecule has 4 aromatic rings. The van der Waals surface area contributed by atoms with E-state index in [1.165, 1.54) is 6.21 Å². The van der Waals surface area contributed by atoms with Gasteiger partial charge in [0.25, 0.3) is 0 Å². The quantitative estimate of drug-likeness (QED) is 0.430. The van der Waals surface area contributed by atoms with Crippen LogP contribution in [0.25, 0.3) is 16.6 Å². The third-order valence-corrected chi connectivity index (χ3v) is 3.89. The third kappa shape index (κ3) is 3.17. The fourth-order valence-corrected chi connectivity index (χ4v) is 2.73. The molecule has 4 rings (SSSR count). The highest BCUT2D eigenvalue weighted by atomic mass is 35.5. The SMILES string of the molecule is O=C(N/N=C/c1cc2ccccc2n2nnnc12)Nc1cccc(Cl)c1. The molecule has 26 heavy (non-hydrogen) atoms. The van der Waals surface area contributed by atoms with E-state index in [4.69, 9.17) is 11.6 Å². The molecule has 2 aromatic carbocycles. The molecule has 8 nitrogen and oxygen atoms in total. The van der Waals surface area contributed by atoms with Gasteiger partial charge in [0, 0.05) is 21.7 Å². The molecule has 2 N–H and O–H groups in total. The number of carbonyl (C=O) groups excluding carboxylic acids is 1. The molecule has 0 bridgehead atoms. The molecule has 0 aliphatic carbocycles. The minimum atomic E-state index is -0.486. The number of anilines is 1. The van der Waals surface area contributed by atoms with Gasteiger partial charge in [-0.05, 0) is 40.8 Å². The van der Waals surface area contributed by atoms with Crippen molar-refractivity contribution in [1.29, 1.82) is 0 Å². The van der Waals surface area contributed by atoms with Crippen LogP contribution in [0.2, 0.25) is 5.02 Å². The Morgan fingerprint density at radius 3 is 2.92 bits per heavy atom. The largest absolute Gasteiger partial charge is 0.339 e. The fourth-order valence-electron chi connectivity index (χ4n) is 2.54. The smallest absolute Gasteiger partial charge is 0.306 e. The number of hydrogen-bond donors (Lipinski definition) is 2. The third-order valence-electron chi connectivity index (χ3n) is 3.66. The van der Waals surface area contributed by atoms with Gasteiger partial charge in [-0.1, -0.05) is 35.9 Å². The summed E-state index contributed by atoms with van der Waals surface area (Å²) < 4.78 is 1.63. The van der Waals surface area contributed by atoms with Crippen molar-refractivity contribution in [1.82, 2.24) is 25.5 Å². The van der Waals surface area contributed by atoms with E-state index in [-0.39, 0.29) is 0 Å². The predicted octanol–water partition coefficient (Wildman–Crippen LogP) is 3.09. The van der Waals surface area contributed by atoms with Gasteiger partial charge in [0.2, 0.25) is 0 Å².